The van der Waals surface area contributed by atoms with Crippen LogP contribution in [0.3, 0.4) is 0 Å². The van der Waals surface area contributed by atoms with E-state index in [1.807, 2.05) is 13.0 Å². The van der Waals surface area contributed by atoms with Gasteiger partial charge in [-0.1, -0.05) is 11.6 Å². The number of nitrogens with zero attached hydrogens (tertiary/aromatic N) is 2. The highest BCUT2D eigenvalue weighted by atomic mass is 79.9. The van der Waals surface area contributed by atoms with Gasteiger partial charge < -0.3 is 0 Å². The maximum atomic E-state index is 12.4. The Hall–Kier alpha value is -2.01. The first-order valence-corrected chi connectivity index (χ1v) is 6.49. The van der Waals surface area contributed by atoms with Crippen LogP contribution < -0.4 is 4.90 Å². The molecule has 3 rings (SSSR count). The zero-order chi connectivity index (χ0) is 13.6. The van der Waals surface area contributed by atoms with Gasteiger partial charge in [-0.15, -0.1) is 0 Å². The van der Waals surface area contributed by atoms with Gasteiger partial charge in [0, 0.05) is 6.20 Å². The second-order valence-electron chi connectivity index (χ2n) is 4.30. The minimum absolute atomic E-state index is 0.325. The lowest BCUT2D eigenvalue weighted by molar-refractivity contribution is 0.0925. The highest BCUT2D eigenvalue weighted by molar-refractivity contribution is 9.10. The summed E-state index contributed by atoms with van der Waals surface area (Å²) in [7, 11) is 0. The predicted molar refractivity (Wildman–Crippen MR) is 74.3 cm³/mol. The van der Waals surface area contributed by atoms with Crippen LogP contribution in [0.4, 0.5) is 5.82 Å². The van der Waals surface area contributed by atoms with Gasteiger partial charge >= 0.3 is 0 Å². The van der Waals surface area contributed by atoms with E-state index in [0.717, 1.165) is 10.5 Å². The summed E-state index contributed by atoms with van der Waals surface area (Å²) in [4.78, 5) is 29.9. The van der Waals surface area contributed by atoms with Crippen LogP contribution in [-0.2, 0) is 0 Å². The molecule has 0 atom stereocenters. The maximum Gasteiger partial charge on any atom is 0.267 e. The van der Waals surface area contributed by atoms with Crippen molar-refractivity contribution < 1.29 is 9.59 Å². The Morgan fingerprint density at radius 1 is 1.11 bits per heavy atom. The van der Waals surface area contributed by atoms with E-state index in [1.54, 1.807) is 30.5 Å². The molecule has 0 fully saturated rings. The molecule has 0 saturated carbocycles. The second-order valence-corrected chi connectivity index (χ2v) is 5.16. The molecule has 2 amide bonds. The van der Waals surface area contributed by atoms with Crippen molar-refractivity contribution in [3.8, 4) is 0 Å². The molecule has 2 heterocycles. The van der Waals surface area contributed by atoms with Crippen LogP contribution in [0.1, 0.15) is 26.3 Å². The van der Waals surface area contributed by atoms with Gasteiger partial charge in [0.25, 0.3) is 11.8 Å². The SMILES string of the molecule is Cc1ccc2c(c1)C(=O)N(c1ncccc1Br)C2=O. The van der Waals surface area contributed by atoms with Crippen molar-refractivity contribution in [2.75, 3.05) is 4.90 Å². The first-order chi connectivity index (χ1) is 9.09. The molecule has 0 bridgehead atoms. The summed E-state index contributed by atoms with van der Waals surface area (Å²) in [6, 6.07) is 8.71. The van der Waals surface area contributed by atoms with Crippen LogP contribution in [0.25, 0.3) is 0 Å². The highest BCUT2D eigenvalue weighted by Gasteiger charge is 2.38. The van der Waals surface area contributed by atoms with E-state index in [0.29, 0.717) is 21.4 Å². The van der Waals surface area contributed by atoms with E-state index < -0.39 is 0 Å². The Bertz CT molecular complexity index is 712. The van der Waals surface area contributed by atoms with E-state index in [4.69, 9.17) is 0 Å². The number of rotatable bonds is 1. The van der Waals surface area contributed by atoms with Crippen LogP contribution in [-0.4, -0.2) is 16.8 Å². The number of pyridine rings is 1. The molecule has 0 radical (unpaired) electrons. The average molecular weight is 317 g/mol. The van der Waals surface area contributed by atoms with E-state index in [1.165, 1.54) is 0 Å². The number of aromatic nitrogens is 1. The Morgan fingerprint density at radius 2 is 1.84 bits per heavy atom. The van der Waals surface area contributed by atoms with Crippen molar-refractivity contribution >= 4 is 33.6 Å². The van der Waals surface area contributed by atoms with Gasteiger partial charge in [-0.05, 0) is 47.1 Å². The molecule has 19 heavy (non-hydrogen) atoms. The third-order valence-corrected chi connectivity index (χ3v) is 3.61. The van der Waals surface area contributed by atoms with Crippen LogP contribution in [0.15, 0.2) is 41.0 Å². The molecule has 0 N–H and O–H groups in total. The molecule has 0 unspecified atom stereocenters. The van der Waals surface area contributed by atoms with Gasteiger partial charge in [-0.2, -0.15) is 0 Å². The zero-order valence-corrected chi connectivity index (χ0v) is 11.6. The molecule has 2 aromatic rings. The molecule has 0 aliphatic carbocycles. The van der Waals surface area contributed by atoms with E-state index >= 15 is 0 Å². The molecule has 4 nitrogen and oxygen atoms in total. The van der Waals surface area contributed by atoms with Crippen molar-refractivity contribution in [3.63, 3.8) is 0 Å². The Kier molecular flexibility index (Phi) is 2.71. The monoisotopic (exact) mass is 316 g/mol. The second kappa shape index (κ2) is 4.28. The summed E-state index contributed by atoms with van der Waals surface area (Å²) in [5, 5.41) is 0. The number of imide groups is 1. The van der Waals surface area contributed by atoms with E-state index in [-0.39, 0.29) is 11.8 Å². The fourth-order valence-corrected chi connectivity index (χ4v) is 2.52. The molecule has 1 aliphatic heterocycles. The molecule has 0 saturated heterocycles. The number of fused-ring (bicyclic) bond motifs is 1. The number of hydrogen-bond acceptors (Lipinski definition) is 3. The van der Waals surface area contributed by atoms with Crippen molar-refractivity contribution in [1.29, 1.82) is 0 Å². The van der Waals surface area contributed by atoms with Crippen molar-refractivity contribution in [1.82, 2.24) is 4.98 Å². The summed E-state index contributed by atoms with van der Waals surface area (Å²) >= 11 is 3.31. The summed E-state index contributed by atoms with van der Waals surface area (Å²) in [5.74, 6) is -0.339. The summed E-state index contributed by atoms with van der Waals surface area (Å²) < 4.78 is 0.612. The minimum atomic E-state index is -0.334. The summed E-state index contributed by atoms with van der Waals surface area (Å²) in [6.45, 7) is 1.89. The third kappa shape index (κ3) is 1.77. The average Bonchev–Trinajstić information content (AvgIpc) is 2.63. The molecule has 1 aliphatic rings. The fourth-order valence-electron chi connectivity index (χ4n) is 2.09. The molecule has 0 spiro atoms. The Balaban J connectivity index is 2.16. The standard InChI is InChI=1S/C14H9BrN2O2/c1-8-4-5-9-10(7-8)14(19)17(13(9)18)12-11(15)3-2-6-16-12/h2-7H,1H3. The van der Waals surface area contributed by atoms with Gasteiger partial charge in [0.1, 0.15) is 0 Å². The normalized spacial score (nSPS) is 13.9. The van der Waals surface area contributed by atoms with E-state index in [9.17, 15) is 9.59 Å². The van der Waals surface area contributed by atoms with Crippen LogP contribution in [0.5, 0.6) is 0 Å². The number of carbonyl (C=O) groups excluding carboxylic acids is 2. The number of hydrogen-bond donors (Lipinski definition) is 0. The molecule has 94 valence electrons. The highest BCUT2D eigenvalue weighted by Crippen LogP contribution is 2.31. The smallest absolute Gasteiger partial charge is 0.267 e. The first-order valence-electron chi connectivity index (χ1n) is 5.69. The maximum absolute atomic E-state index is 12.4. The third-order valence-electron chi connectivity index (χ3n) is 2.99. The Morgan fingerprint density at radius 3 is 2.58 bits per heavy atom. The molecule has 1 aromatic heterocycles. The number of halogens is 1. The molecular weight excluding hydrogens is 308 g/mol. The molecule has 1 aromatic carbocycles. The van der Waals surface area contributed by atoms with Gasteiger partial charge in [-0.3, -0.25) is 9.59 Å². The molecular formula is C14H9BrN2O2. The fraction of sp³-hybridized carbons (Fsp3) is 0.0714. The van der Waals surface area contributed by atoms with Crippen LogP contribution >= 0.6 is 15.9 Å². The summed E-state index contributed by atoms with van der Waals surface area (Å²) in [6.07, 6.45) is 1.55. The van der Waals surface area contributed by atoms with Crippen LogP contribution in [0.2, 0.25) is 0 Å². The van der Waals surface area contributed by atoms with Crippen molar-refractivity contribution in [2.45, 2.75) is 6.92 Å². The predicted octanol–water partition coefficient (Wildman–Crippen LogP) is 2.95. The lowest BCUT2D eigenvalue weighted by Gasteiger charge is -2.13. The summed E-state index contributed by atoms with van der Waals surface area (Å²) in [5.41, 5.74) is 1.80. The first kappa shape index (κ1) is 12.0. The largest absolute Gasteiger partial charge is 0.268 e. The van der Waals surface area contributed by atoms with Gasteiger partial charge in [0.2, 0.25) is 0 Å². The topological polar surface area (TPSA) is 50.3 Å². The van der Waals surface area contributed by atoms with Crippen molar-refractivity contribution in [2.24, 2.45) is 0 Å². The minimum Gasteiger partial charge on any atom is -0.268 e. The lowest BCUT2D eigenvalue weighted by atomic mass is 10.1. The lowest BCUT2D eigenvalue weighted by Crippen LogP contribution is -2.30. The van der Waals surface area contributed by atoms with Crippen molar-refractivity contribution in [3.05, 3.63) is 57.7 Å². The zero-order valence-electron chi connectivity index (χ0n) is 10.1. The van der Waals surface area contributed by atoms with Gasteiger partial charge in [-0.25, -0.2) is 9.88 Å². The number of aryl methyl sites for hydroxylation is 1. The molecule has 5 heteroatoms. The number of carbonyl (C=O) groups is 2. The van der Waals surface area contributed by atoms with Gasteiger partial charge in [0.15, 0.2) is 5.82 Å². The van der Waals surface area contributed by atoms with Crippen LogP contribution in [0, 0.1) is 6.92 Å². The number of amides is 2. The quantitative estimate of drug-likeness (QED) is 0.760. The van der Waals surface area contributed by atoms with Gasteiger partial charge in [0.05, 0.1) is 15.6 Å². The number of anilines is 1. The van der Waals surface area contributed by atoms with E-state index in [2.05, 4.69) is 20.9 Å². The number of benzene rings is 1. The Labute approximate surface area is 118 Å².